The standard InChI is InChI=1S/C7H13N5S2/c1-4(5(8)9)13-7-11-10-6(14-7)12(2)3/h4H,1-3H3,(H3,8,9). The normalized spacial score (nSPS) is 12.5. The van der Waals surface area contributed by atoms with E-state index in [1.807, 2.05) is 25.9 Å². The molecule has 1 atom stereocenters. The molecule has 78 valence electrons. The van der Waals surface area contributed by atoms with Gasteiger partial charge in [0.1, 0.15) is 5.84 Å². The van der Waals surface area contributed by atoms with Crippen LogP contribution in [0.5, 0.6) is 0 Å². The lowest BCUT2D eigenvalue weighted by atomic mass is 10.4. The van der Waals surface area contributed by atoms with Crippen molar-refractivity contribution in [2.45, 2.75) is 16.5 Å². The molecule has 1 rings (SSSR count). The molecule has 0 amide bonds. The molecule has 0 radical (unpaired) electrons. The van der Waals surface area contributed by atoms with Crippen LogP contribution < -0.4 is 10.6 Å². The first-order valence-electron chi connectivity index (χ1n) is 4.02. The van der Waals surface area contributed by atoms with Crippen molar-refractivity contribution in [2.75, 3.05) is 19.0 Å². The predicted molar refractivity (Wildman–Crippen MR) is 61.5 cm³/mol. The molecule has 1 heterocycles. The Labute approximate surface area is 91.2 Å². The maximum Gasteiger partial charge on any atom is 0.208 e. The second-order valence-corrected chi connectivity index (χ2v) is 5.50. The second kappa shape index (κ2) is 4.61. The second-order valence-electron chi connectivity index (χ2n) is 2.96. The summed E-state index contributed by atoms with van der Waals surface area (Å²) in [5.41, 5.74) is 5.36. The summed E-state index contributed by atoms with van der Waals surface area (Å²) in [6.45, 7) is 1.88. The molecule has 0 fully saturated rings. The molecule has 0 aliphatic heterocycles. The average molecular weight is 231 g/mol. The van der Waals surface area contributed by atoms with E-state index in [-0.39, 0.29) is 11.1 Å². The number of amidine groups is 1. The van der Waals surface area contributed by atoms with Crippen molar-refractivity contribution in [1.82, 2.24) is 10.2 Å². The van der Waals surface area contributed by atoms with Crippen molar-refractivity contribution in [2.24, 2.45) is 5.73 Å². The van der Waals surface area contributed by atoms with Gasteiger partial charge < -0.3 is 10.6 Å². The average Bonchev–Trinajstić information content (AvgIpc) is 2.52. The quantitative estimate of drug-likeness (QED) is 0.459. The highest BCUT2D eigenvalue weighted by Crippen LogP contribution is 2.29. The maximum absolute atomic E-state index is 7.24. The Kier molecular flexibility index (Phi) is 3.70. The molecule has 0 saturated heterocycles. The molecule has 0 saturated carbocycles. The van der Waals surface area contributed by atoms with Gasteiger partial charge in [-0.05, 0) is 6.92 Å². The summed E-state index contributed by atoms with van der Waals surface area (Å²) in [6, 6.07) is 0. The number of aromatic nitrogens is 2. The molecule has 7 heteroatoms. The maximum atomic E-state index is 7.24. The number of hydrogen-bond donors (Lipinski definition) is 2. The lowest BCUT2D eigenvalue weighted by Crippen LogP contribution is -2.21. The SMILES string of the molecule is CC(Sc1nnc(N(C)C)s1)C(=N)N. The number of rotatable bonds is 4. The van der Waals surface area contributed by atoms with E-state index >= 15 is 0 Å². The molecule has 1 aromatic heterocycles. The minimum absolute atomic E-state index is 0.0436. The summed E-state index contributed by atoms with van der Waals surface area (Å²) in [6.07, 6.45) is 0. The molecule has 0 bridgehead atoms. The van der Waals surface area contributed by atoms with E-state index in [4.69, 9.17) is 11.1 Å². The van der Waals surface area contributed by atoms with Gasteiger partial charge in [-0.1, -0.05) is 23.1 Å². The van der Waals surface area contributed by atoms with Gasteiger partial charge in [-0.25, -0.2) is 0 Å². The Hall–Kier alpha value is -0.820. The Morgan fingerprint density at radius 1 is 1.57 bits per heavy atom. The zero-order chi connectivity index (χ0) is 10.7. The minimum atomic E-state index is -0.0436. The largest absolute Gasteiger partial charge is 0.387 e. The molecular weight excluding hydrogens is 218 g/mol. The third-order valence-electron chi connectivity index (χ3n) is 1.49. The lowest BCUT2D eigenvalue weighted by Gasteiger charge is -2.05. The van der Waals surface area contributed by atoms with Gasteiger partial charge in [0.2, 0.25) is 5.13 Å². The van der Waals surface area contributed by atoms with Crippen LogP contribution in [0, 0.1) is 5.41 Å². The van der Waals surface area contributed by atoms with Gasteiger partial charge in [0.25, 0.3) is 0 Å². The fraction of sp³-hybridized carbons (Fsp3) is 0.571. The van der Waals surface area contributed by atoms with E-state index < -0.39 is 0 Å². The molecule has 3 N–H and O–H groups in total. The van der Waals surface area contributed by atoms with E-state index in [1.165, 1.54) is 23.1 Å². The molecule has 5 nitrogen and oxygen atoms in total. The van der Waals surface area contributed by atoms with E-state index in [1.54, 1.807) is 0 Å². The Morgan fingerprint density at radius 2 is 2.21 bits per heavy atom. The van der Waals surface area contributed by atoms with Crippen LogP contribution in [0.25, 0.3) is 0 Å². The van der Waals surface area contributed by atoms with Gasteiger partial charge >= 0.3 is 0 Å². The van der Waals surface area contributed by atoms with Crippen molar-refractivity contribution >= 4 is 34.1 Å². The van der Waals surface area contributed by atoms with Crippen molar-refractivity contribution in [3.63, 3.8) is 0 Å². The van der Waals surface area contributed by atoms with E-state index in [2.05, 4.69) is 10.2 Å². The van der Waals surface area contributed by atoms with Crippen LogP contribution in [0.4, 0.5) is 5.13 Å². The first-order valence-corrected chi connectivity index (χ1v) is 5.71. The molecule has 0 spiro atoms. The fourth-order valence-corrected chi connectivity index (χ4v) is 2.51. The number of thioether (sulfide) groups is 1. The first kappa shape index (κ1) is 11.3. The predicted octanol–water partition coefficient (Wildman–Crippen LogP) is 1.02. The third-order valence-corrected chi connectivity index (χ3v) is 3.81. The van der Waals surface area contributed by atoms with Crippen molar-refractivity contribution in [1.29, 1.82) is 5.41 Å². The van der Waals surface area contributed by atoms with E-state index in [0.29, 0.717) is 0 Å². The van der Waals surface area contributed by atoms with Crippen molar-refractivity contribution in [3.8, 4) is 0 Å². The fourth-order valence-electron chi connectivity index (χ4n) is 0.646. The summed E-state index contributed by atoms with van der Waals surface area (Å²) in [7, 11) is 3.84. The van der Waals surface area contributed by atoms with Gasteiger partial charge in [-0.15, -0.1) is 10.2 Å². The smallest absolute Gasteiger partial charge is 0.208 e. The summed E-state index contributed by atoms with van der Waals surface area (Å²) in [5, 5.41) is 16.1. The third kappa shape index (κ3) is 2.85. The van der Waals surface area contributed by atoms with Crippen LogP contribution in [0.1, 0.15) is 6.92 Å². The van der Waals surface area contributed by atoms with Crippen LogP contribution in [-0.2, 0) is 0 Å². The van der Waals surface area contributed by atoms with Crippen LogP contribution in [0.15, 0.2) is 4.34 Å². The molecular formula is C7H13N5S2. The molecule has 0 aliphatic carbocycles. The molecule has 0 aromatic carbocycles. The number of hydrogen-bond acceptors (Lipinski definition) is 6. The Balaban J connectivity index is 2.64. The topological polar surface area (TPSA) is 78.9 Å². The highest BCUT2D eigenvalue weighted by Gasteiger charge is 2.12. The number of nitrogens with one attached hydrogen (secondary N) is 1. The first-order chi connectivity index (χ1) is 6.50. The van der Waals surface area contributed by atoms with E-state index in [0.717, 1.165) is 9.47 Å². The summed E-state index contributed by atoms with van der Waals surface area (Å²) in [5.74, 6) is 0.164. The molecule has 14 heavy (non-hydrogen) atoms. The van der Waals surface area contributed by atoms with Gasteiger partial charge in [0.05, 0.1) is 5.25 Å². The number of nitrogens with two attached hydrogens (primary N) is 1. The van der Waals surface area contributed by atoms with Crippen LogP contribution in [0.2, 0.25) is 0 Å². The van der Waals surface area contributed by atoms with E-state index in [9.17, 15) is 0 Å². The summed E-state index contributed by atoms with van der Waals surface area (Å²) in [4.78, 5) is 1.90. The monoisotopic (exact) mass is 231 g/mol. The zero-order valence-corrected chi connectivity index (χ0v) is 9.95. The Morgan fingerprint density at radius 3 is 2.64 bits per heavy atom. The van der Waals surface area contributed by atoms with Crippen LogP contribution in [-0.4, -0.2) is 35.4 Å². The summed E-state index contributed by atoms with van der Waals surface area (Å²) < 4.78 is 0.844. The van der Waals surface area contributed by atoms with Gasteiger partial charge in [-0.2, -0.15) is 0 Å². The summed E-state index contributed by atoms with van der Waals surface area (Å²) >= 11 is 2.96. The zero-order valence-electron chi connectivity index (χ0n) is 8.31. The van der Waals surface area contributed by atoms with Gasteiger partial charge in [0, 0.05) is 14.1 Å². The van der Waals surface area contributed by atoms with Crippen LogP contribution in [0.3, 0.4) is 0 Å². The minimum Gasteiger partial charge on any atom is -0.387 e. The van der Waals surface area contributed by atoms with Crippen molar-refractivity contribution < 1.29 is 0 Å². The van der Waals surface area contributed by atoms with Crippen molar-refractivity contribution in [3.05, 3.63) is 0 Å². The number of nitrogens with zero attached hydrogens (tertiary/aromatic N) is 3. The van der Waals surface area contributed by atoms with Gasteiger partial charge in [-0.3, -0.25) is 5.41 Å². The molecule has 1 unspecified atom stereocenters. The van der Waals surface area contributed by atoms with Gasteiger partial charge in [0.15, 0.2) is 4.34 Å². The highest BCUT2D eigenvalue weighted by atomic mass is 32.2. The molecule has 1 aromatic rings. The lowest BCUT2D eigenvalue weighted by molar-refractivity contribution is 0.971. The number of anilines is 1. The Bertz CT molecular complexity index is 322. The molecule has 0 aliphatic rings. The van der Waals surface area contributed by atoms with Crippen LogP contribution >= 0.6 is 23.1 Å². The highest BCUT2D eigenvalue weighted by molar-refractivity contribution is 8.02.